The summed E-state index contributed by atoms with van der Waals surface area (Å²) in [5.41, 5.74) is 1.88. The largest absolute Gasteiger partial charge is 0.308 e. The standard InChI is InChI=1S/C15H25ClN2O2S/c1-5-8-18(10-9-17(3)4)21(19,20)15-7-6-13(2)14(11-15)12-16/h6-7,11H,5,8-10,12H2,1-4H3. The van der Waals surface area contributed by atoms with Crippen LogP contribution in [0.3, 0.4) is 0 Å². The van der Waals surface area contributed by atoms with Crippen LogP contribution in [-0.2, 0) is 15.9 Å². The number of hydrogen-bond acceptors (Lipinski definition) is 3. The highest BCUT2D eigenvalue weighted by molar-refractivity contribution is 7.89. The molecule has 0 aliphatic carbocycles. The average Bonchev–Trinajstić information content (AvgIpc) is 2.43. The number of nitrogens with zero attached hydrogens (tertiary/aromatic N) is 2. The molecule has 120 valence electrons. The lowest BCUT2D eigenvalue weighted by atomic mass is 10.1. The van der Waals surface area contributed by atoms with Gasteiger partial charge < -0.3 is 4.90 Å². The highest BCUT2D eigenvalue weighted by atomic mass is 35.5. The first-order chi connectivity index (χ1) is 9.82. The van der Waals surface area contributed by atoms with E-state index in [1.807, 2.05) is 38.9 Å². The molecule has 21 heavy (non-hydrogen) atoms. The van der Waals surface area contributed by atoms with Crippen molar-refractivity contribution in [2.75, 3.05) is 33.7 Å². The van der Waals surface area contributed by atoms with Crippen LogP contribution in [0.4, 0.5) is 0 Å². The Morgan fingerprint density at radius 2 is 1.81 bits per heavy atom. The fourth-order valence-corrected chi connectivity index (χ4v) is 3.88. The van der Waals surface area contributed by atoms with Crippen LogP contribution in [0.5, 0.6) is 0 Å². The molecule has 0 atom stereocenters. The highest BCUT2D eigenvalue weighted by Crippen LogP contribution is 2.21. The van der Waals surface area contributed by atoms with Crippen molar-refractivity contribution in [3.63, 3.8) is 0 Å². The maximum Gasteiger partial charge on any atom is 0.243 e. The Hall–Kier alpha value is -0.620. The number of benzene rings is 1. The van der Waals surface area contributed by atoms with E-state index in [1.165, 1.54) is 0 Å². The third-order valence-corrected chi connectivity index (χ3v) is 5.55. The van der Waals surface area contributed by atoms with Crippen LogP contribution in [0.15, 0.2) is 23.1 Å². The second-order valence-corrected chi connectivity index (χ2v) is 7.63. The number of halogens is 1. The summed E-state index contributed by atoms with van der Waals surface area (Å²) in [6, 6.07) is 5.18. The molecule has 0 fully saturated rings. The first-order valence-corrected chi connectivity index (χ1v) is 9.10. The Labute approximate surface area is 133 Å². The number of aryl methyl sites for hydroxylation is 1. The molecule has 0 saturated carbocycles. The van der Waals surface area contributed by atoms with Gasteiger partial charge in [0.25, 0.3) is 0 Å². The Morgan fingerprint density at radius 3 is 2.33 bits per heavy atom. The number of alkyl halides is 1. The van der Waals surface area contributed by atoms with E-state index in [9.17, 15) is 8.42 Å². The molecule has 0 bridgehead atoms. The van der Waals surface area contributed by atoms with Crippen molar-refractivity contribution in [1.29, 1.82) is 0 Å². The summed E-state index contributed by atoms with van der Waals surface area (Å²) in [7, 11) is 0.417. The van der Waals surface area contributed by atoms with Gasteiger partial charge >= 0.3 is 0 Å². The van der Waals surface area contributed by atoms with Crippen molar-refractivity contribution < 1.29 is 8.42 Å². The van der Waals surface area contributed by atoms with Crippen molar-refractivity contribution in [3.05, 3.63) is 29.3 Å². The van der Waals surface area contributed by atoms with Crippen LogP contribution in [0.2, 0.25) is 0 Å². The Bertz CT molecular complexity index is 559. The quantitative estimate of drug-likeness (QED) is 0.687. The summed E-state index contributed by atoms with van der Waals surface area (Å²) < 4.78 is 27.1. The molecule has 0 spiro atoms. The van der Waals surface area contributed by atoms with E-state index < -0.39 is 10.0 Å². The average molecular weight is 333 g/mol. The summed E-state index contributed by atoms with van der Waals surface area (Å²) >= 11 is 5.88. The van der Waals surface area contributed by atoms with E-state index in [0.29, 0.717) is 30.4 Å². The van der Waals surface area contributed by atoms with Gasteiger partial charge in [0, 0.05) is 25.5 Å². The minimum atomic E-state index is -3.46. The van der Waals surface area contributed by atoms with E-state index >= 15 is 0 Å². The molecule has 0 unspecified atom stereocenters. The summed E-state index contributed by atoms with van der Waals surface area (Å²) in [6.45, 7) is 5.64. The molecule has 0 aliphatic heterocycles. The number of sulfonamides is 1. The molecule has 6 heteroatoms. The molecule has 0 aromatic heterocycles. The predicted molar refractivity (Wildman–Crippen MR) is 88.3 cm³/mol. The summed E-state index contributed by atoms with van der Waals surface area (Å²) in [5.74, 6) is 0.320. The van der Waals surface area contributed by atoms with Crippen LogP contribution >= 0.6 is 11.6 Å². The van der Waals surface area contributed by atoms with E-state index in [1.54, 1.807) is 16.4 Å². The van der Waals surface area contributed by atoms with Gasteiger partial charge in [0.15, 0.2) is 0 Å². The summed E-state index contributed by atoms with van der Waals surface area (Å²) in [4.78, 5) is 2.31. The van der Waals surface area contributed by atoms with Gasteiger partial charge in [0.1, 0.15) is 0 Å². The minimum absolute atomic E-state index is 0.320. The lowest BCUT2D eigenvalue weighted by Gasteiger charge is -2.23. The zero-order chi connectivity index (χ0) is 16.0. The van der Waals surface area contributed by atoms with Gasteiger partial charge in [-0.15, -0.1) is 11.6 Å². The summed E-state index contributed by atoms with van der Waals surface area (Å²) in [5, 5.41) is 0. The van der Waals surface area contributed by atoms with Gasteiger partial charge in [-0.2, -0.15) is 4.31 Å². The first kappa shape index (κ1) is 18.4. The molecular formula is C15H25ClN2O2S. The maximum absolute atomic E-state index is 12.8. The SMILES string of the molecule is CCCN(CCN(C)C)S(=O)(=O)c1ccc(C)c(CCl)c1. The van der Waals surface area contributed by atoms with Crippen LogP contribution < -0.4 is 0 Å². The second kappa shape index (κ2) is 8.13. The van der Waals surface area contributed by atoms with Crippen molar-refractivity contribution in [1.82, 2.24) is 9.21 Å². The van der Waals surface area contributed by atoms with Crippen molar-refractivity contribution in [2.45, 2.75) is 31.0 Å². The monoisotopic (exact) mass is 332 g/mol. The van der Waals surface area contributed by atoms with E-state index in [4.69, 9.17) is 11.6 Å². The lowest BCUT2D eigenvalue weighted by molar-refractivity contribution is 0.333. The zero-order valence-corrected chi connectivity index (χ0v) is 14.8. The first-order valence-electron chi connectivity index (χ1n) is 7.13. The molecule has 0 saturated heterocycles. The second-order valence-electron chi connectivity index (χ2n) is 5.43. The highest BCUT2D eigenvalue weighted by Gasteiger charge is 2.24. The van der Waals surface area contributed by atoms with Gasteiger partial charge in [-0.05, 0) is 50.7 Å². The van der Waals surface area contributed by atoms with Gasteiger partial charge in [0.2, 0.25) is 10.0 Å². The zero-order valence-electron chi connectivity index (χ0n) is 13.3. The van der Waals surface area contributed by atoms with Crippen molar-refractivity contribution in [2.24, 2.45) is 0 Å². The maximum atomic E-state index is 12.8. The predicted octanol–water partition coefficient (Wildman–Crippen LogP) is 2.70. The number of likely N-dealkylation sites (N-methyl/N-ethyl adjacent to an activating group) is 1. The molecule has 1 aromatic carbocycles. The van der Waals surface area contributed by atoms with Gasteiger partial charge in [-0.3, -0.25) is 0 Å². The fourth-order valence-electron chi connectivity index (χ4n) is 2.01. The Kier molecular flexibility index (Phi) is 7.13. The van der Waals surface area contributed by atoms with Crippen molar-refractivity contribution in [3.8, 4) is 0 Å². The topological polar surface area (TPSA) is 40.6 Å². The third-order valence-electron chi connectivity index (χ3n) is 3.37. The third kappa shape index (κ3) is 4.95. The Balaban J connectivity index is 3.09. The Morgan fingerprint density at radius 1 is 1.14 bits per heavy atom. The van der Waals surface area contributed by atoms with Gasteiger partial charge in [-0.25, -0.2) is 8.42 Å². The normalized spacial score (nSPS) is 12.3. The van der Waals surface area contributed by atoms with E-state index in [-0.39, 0.29) is 0 Å². The molecule has 1 rings (SSSR count). The van der Waals surface area contributed by atoms with Crippen LogP contribution in [-0.4, -0.2) is 51.4 Å². The molecule has 0 amide bonds. The van der Waals surface area contributed by atoms with Crippen LogP contribution in [0.25, 0.3) is 0 Å². The summed E-state index contributed by atoms with van der Waals surface area (Å²) in [6.07, 6.45) is 0.793. The van der Waals surface area contributed by atoms with E-state index in [0.717, 1.165) is 17.5 Å². The molecule has 4 nitrogen and oxygen atoms in total. The van der Waals surface area contributed by atoms with Gasteiger partial charge in [-0.1, -0.05) is 13.0 Å². The van der Waals surface area contributed by atoms with E-state index in [2.05, 4.69) is 0 Å². The van der Waals surface area contributed by atoms with Crippen LogP contribution in [0, 0.1) is 6.92 Å². The molecule has 1 aromatic rings. The minimum Gasteiger partial charge on any atom is -0.308 e. The van der Waals surface area contributed by atoms with Gasteiger partial charge in [0.05, 0.1) is 4.90 Å². The molecule has 0 aliphatic rings. The smallest absolute Gasteiger partial charge is 0.243 e. The molecule has 0 heterocycles. The number of rotatable bonds is 8. The molecular weight excluding hydrogens is 308 g/mol. The fraction of sp³-hybridized carbons (Fsp3) is 0.600. The molecule has 0 radical (unpaired) electrons. The van der Waals surface area contributed by atoms with Crippen molar-refractivity contribution >= 4 is 21.6 Å². The molecule has 0 N–H and O–H groups in total. The number of hydrogen-bond donors (Lipinski definition) is 0. The van der Waals surface area contributed by atoms with Crippen LogP contribution in [0.1, 0.15) is 24.5 Å². The lowest BCUT2D eigenvalue weighted by Crippen LogP contribution is -2.37.